The second-order valence-electron chi connectivity index (χ2n) is 5.41. The number of hydrogen-bond acceptors (Lipinski definition) is 3. The third-order valence-electron chi connectivity index (χ3n) is 4.22. The van der Waals surface area contributed by atoms with Crippen LogP contribution < -0.4 is 10.9 Å². The Morgan fingerprint density at radius 2 is 2.16 bits per heavy atom. The lowest BCUT2D eigenvalue weighted by molar-refractivity contribution is 0.326. The smallest absolute Gasteiger partial charge is 0.293 e. The molecular weight excluding hydrogens is 262 g/mol. The lowest BCUT2D eigenvalue weighted by atomic mass is 9.84. The molecule has 0 bridgehead atoms. The number of rotatable bonds is 7. The van der Waals surface area contributed by atoms with Crippen LogP contribution in [0.1, 0.15) is 45.6 Å². The molecule has 0 aromatic carbocycles. The zero-order valence-corrected chi connectivity index (χ0v) is 12.4. The van der Waals surface area contributed by atoms with E-state index >= 15 is 0 Å². The summed E-state index contributed by atoms with van der Waals surface area (Å²) in [4.78, 5) is 16.4. The topological polar surface area (TPSA) is 46.9 Å². The van der Waals surface area contributed by atoms with Crippen molar-refractivity contribution in [1.82, 2.24) is 9.55 Å². The Bertz CT molecular complexity index is 470. The van der Waals surface area contributed by atoms with E-state index in [4.69, 9.17) is 11.6 Å². The Labute approximate surface area is 119 Å². The van der Waals surface area contributed by atoms with E-state index in [1.807, 2.05) is 0 Å². The van der Waals surface area contributed by atoms with Crippen LogP contribution in [-0.2, 0) is 0 Å². The minimum atomic E-state index is -0.0133. The molecule has 19 heavy (non-hydrogen) atoms. The van der Waals surface area contributed by atoms with Gasteiger partial charge in [-0.15, -0.1) is 11.6 Å². The molecule has 0 spiro atoms. The lowest BCUT2D eigenvalue weighted by Crippen LogP contribution is -2.33. The van der Waals surface area contributed by atoms with Gasteiger partial charge in [0.25, 0.3) is 5.56 Å². The van der Waals surface area contributed by atoms with Gasteiger partial charge in [-0.25, -0.2) is 4.98 Å². The van der Waals surface area contributed by atoms with E-state index in [0.717, 1.165) is 25.7 Å². The number of nitrogens with zero attached hydrogens (tertiary/aromatic N) is 2. The largest absolute Gasteiger partial charge is 0.365 e. The molecular formula is C14H22ClN3O. The molecule has 5 heteroatoms. The summed E-state index contributed by atoms with van der Waals surface area (Å²) in [6.45, 7) is 4.96. The van der Waals surface area contributed by atoms with Crippen LogP contribution in [-0.4, -0.2) is 22.0 Å². The lowest BCUT2D eigenvalue weighted by Gasteiger charge is -2.29. The van der Waals surface area contributed by atoms with Gasteiger partial charge >= 0.3 is 0 Å². The van der Waals surface area contributed by atoms with Crippen molar-refractivity contribution < 1.29 is 0 Å². The molecule has 1 aromatic rings. The van der Waals surface area contributed by atoms with Crippen LogP contribution >= 0.6 is 11.6 Å². The zero-order valence-electron chi connectivity index (χ0n) is 11.7. The average molecular weight is 284 g/mol. The van der Waals surface area contributed by atoms with Crippen molar-refractivity contribution in [2.75, 3.05) is 17.7 Å². The summed E-state index contributed by atoms with van der Waals surface area (Å²) < 4.78 is 1.79. The molecule has 0 radical (unpaired) electrons. The number of anilines is 1. The van der Waals surface area contributed by atoms with E-state index in [2.05, 4.69) is 24.1 Å². The van der Waals surface area contributed by atoms with Crippen LogP contribution in [0.15, 0.2) is 17.2 Å². The Kier molecular flexibility index (Phi) is 4.50. The molecule has 0 atom stereocenters. The van der Waals surface area contributed by atoms with E-state index in [9.17, 15) is 4.79 Å². The van der Waals surface area contributed by atoms with Crippen molar-refractivity contribution in [2.24, 2.45) is 5.41 Å². The molecule has 0 amide bonds. The summed E-state index contributed by atoms with van der Waals surface area (Å²) in [6, 6.07) is 0.381. The highest BCUT2D eigenvalue weighted by atomic mass is 35.5. The third-order valence-corrected chi connectivity index (χ3v) is 4.79. The highest BCUT2D eigenvalue weighted by molar-refractivity contribution is 6.18. The van der Waals surface area contributed by atoms with E-state index < -0.39 is 0 Å². The molecule has 1 aromatic heterocycles. The standard InChI is InChI=1S/C14H22ClN3O/c1-3-14(4-2,9-15)10-17-12-13(19)18(8-7-16-12)11-5-6-11/h7-8,11H,3-6,9-10H2,1-2H3,(H,16,17). The average Bonchev–Trinajstić information content (AvgIpc) is 3.27. The molecule has 4 nitrogen and oxygen atoms in total. The summed E-state index contributed by atoms with van der Waals surface area (Å²) in [7, 11) is 0. The minimum Gasteiger partial charge on any atom is -0.365 e. The number of halogens is 1. The zero-order chi connectivity index (χ0) is 13.9. The van der Waals surface area contributed by atoms with Gasteiger partial charge in [0.1, 0.15) is 0 Å². The molecule has 1 heterocycles. The second kappa shape index (κ2) is 5.95. The summed E-state index contributed by atoms with van der Waals surface area (Å²) in [5, 5.41) is 3.20. The monoisotopic (exact) mass is 283 g/mol. The van der Waals surface area contributed by atoms with Crippen LogP contribution in [0.2, 0.25) is 0 Å². The molecule has 1 N–H and O–H groups in total. The van der Waals surface area contributed by atoms with Gasteiger partial charge in [-0.3, -0.25) is 4.79 Å². The summed E-state index contributed by atoms with van der Waals surface area (Å²) in [5.41, 5.74) is 0.0244. The Morgan fingerprint density at radius 3 is 2.68 bits per heavy atom. The normalized spacial score (nSPS) is 15.5. The number of alkyl halides is 1. The summed E-state index contributed by atoms with van der Waals surface area (Å²) in [5.74, 6) is 1.04. The maximum atomic E-state index is 12.2. The van der Waals surface area contributed by atoms with E-state index in [1.54, 1.807) is 17.0 Å². The van der Waals surface area contributed by atoms with Crippen molar-refractivity contribution in [3.05, 3.63) is 22.7 Å². The van der Waals surface area contributed by atoms with E-state index in [0.29, 0.717) is 24.3 Å². The predicted octanol–water partition coefficient (Wildman–Crippen LogP) is 3.04. The molecule has 2 rings (SSSR count). The SMILES string of the molecule is CCC(CC)(CCl)CNc1nccn(C2CC2)c1=O. The van der Waals surface area contributed by atoms with Gasteiger partial charge in [0, 0.05) is 36.3 Å². The number of aromatic nitrogens is 2. The summed E-state index contributed by atoms with van der Waals surface area (Å²) >= 11 is 6.08. The molecule has 1 aliphatic rings. The second-order valence-corrected chi connectivity index (χ2v) is 5.68. The van der Waals surface area contributed by atoms with Crippen LogP contribution in [0.5, 0.6) is 0 Å². The molecule has 0 aliphatic heterocycles. The molecule has 106 valence electrons. The first kappa shape index (κ1) is 14.4. The van der Waals surface area contributed by atoms with Crippen molar-refractivity contribution in [3.8, 4) is 0 Å². The van der Waals surface area contributed by atoms with E-state index in [1.165, 1.54) is 0 Å². The van der Waals surface area contributed by atoms with Crippen LogP contribution in [0, 0.1) is 5.41 Å². The molecule has 0 unspecified atom stereocenters. The fraction of sp³-hybridized carbons (Fsp3) is 0.714. The maximum Gasteiger partial charge on any atom is 0.293 e. The third kappa shape index (κ3) is 3.11. The van der Waals surface area contributed by atoms with Crippen molar-refractivity contribution in [1.29, 1.82) is 0 Å². The first-order chi connectivity index (χ1) is 9.15. The first-order valence-corrected chi connectivity index (χ1v) is 7.56. The Morgan fingerprint density at radius 1 is 1.47 bits per heavy atom. The molecule has 0 saturated heterocycles. The van der Waals surface area contributed by atoms with Gasteiger partial charge in [0.15, 0.2) is 5.82 Å². The molecule has 1 saturated carbocycles. The first-order valence-electron chi connectivity index (χ1n) is 7.03. The van der Waals surface area contributed by atoms with Crippen molar-refractivity contribution in [2.45, 2.75) is 45.6 Å². The van der Waals surface area contributed by atoms with Crippen molar-refractivity contribution in [3.63, 3.8) is 0 Å². The van der Waals surface area contributed by atoms with Crippen LogP contribution in [0.4, 0.5) is 5.82 Å². The van der Waals surface area contributed by atoms with Gasteiger partial charge in [-0.2, -0.15) is 0 Å². The van der Waals surface area contributed by atoms with Gasteiger partial charge in [-0.1, -0.05) is 13.8 Å². The highest BCUT2D eigenvalue weighted by Crippen LogP contribution is 2.33. The van der Waals surface area contributed by atoms with Gasteiger partial charge < -0.3 is 9.88 Å². The Hall–Kier alpha value is -1.03. The number of nitrogens with one attached hydrogen (secondary N) is 1. The number of hydrogen-bond donors (Lipinski definition) is 1. The van der Waals surface area contributed by atoms with Gasteiger partial charge in [0.05, 0.1) is 0 Å². The van der Waals surface area contributed by atoms with Gasteiger partial charge in [-0.05, 0) is 25.7 Å². The maximum absolute atomic E-state index is 12.2. The van der Waals surface area contributed by atoms with Gasteiger partial charge in [0.2, 0.25) is 0 Å². The predicted molar refractivity (Wildman–Crippen MR) is 79.0 cm³/mol. The molecule has 1 aliphatic carbocycles. The Balaban J connectivity index is 2.11. The van der Waals surface area contributed by atoms with Crippen molar-refractivity contribution >= 4 is 17.4 Å². The quantitative estimate of drug-likeness (QED) is 0.783. The highest BCUT2D eigenvalue weighted by Gasteiger charge is 2.27. The summed E-state index contributed by atoms with van der Waals surface area (Å²) in [6.07, 6.45) is 7.65. The van der Waals surface area contributed by atoms with E-state index in [-0.39, 0.29) is 11.0 Å². The van der Waals surface area contributed by atoms with Crippen LogP contribution in [0.25, 0.3) is 0 Å². The minimum absolute atomic E-state index is 0.0133. The fourth-order valence-corrected chi connectivity index (χ4v) is 2.67. The fourth-order valence-electron chi connectivity index (χ4n) is 2.19. The molecule has 1 fully saturated rings. The van der Waals surface area contributed by atoms with Crippen LogP contribution in [0.3, 0.4) is 0 Å².